The summed E-state index contributed by atoms with van der Waals surface area (Å²) in [5.41, 5.74) is 8.34. The summed E-state index contributed by atoms with van der Waals surface area (Å²) in [4.78, 5) is 4.49. The molecule has 18 heavy (non-hydrogen) atoms. The summed E-state index contributed by atoms with van der Waals surface area (Å²) in [6.07, 6.45) is 1.48. The molecule has 1 aromatic heterocycles. The molecule has 2 N–H and O–H groups in total. The lowest BCUT2D eigenvalue weighted by Gasteiger charge is -2.18. The molecular formula is C14H16N2OS. The van der Waals surface area contributed by atoms with Gasteiger partial charge in [-0.1, -0.05) is 45.1 Å². The molecule has 1 heterocycles. The van der Waals surface area contributed by atoms with Crippen LogP contribution in [0.25, 0.3) is 11.5 Å². The van der Waals surface area contributed by atoms with Gasteiger partial charge in [-0.05, 0) is 23.1 Å². The molecule has 0 bridgehead atoms. The van der Waals surface area contributed by atoms with E-state index < -0.39 is 0 Å². The minimum Gasteiger partial charge on any atom is -0.444 e. The van der Waals surface area contributed by atoms with E-state index in [2.05, 4.69) is 37.9 Å². The molecule has 2 rings (SSSR count). The van der Waals surface area contributed by atoms with Gasteiger partial charge in [-0.2, -0.15) is 0 Å². The maximum Gasteiger partial charge on any atom is 0.226 e. The largest absolute Gasteiger partial charge is 0.444 e. The number of thiocarbonyl (C=S) groups is 1. The van der Waals surface area contributed by atoms with Crippen molar-refractivity contribution in [2.24, 2.45) is 5.73 Å². The summed E-state index contributed by atoms with van der Waals surface area (Å²) in [6, 6.07) is 8.16. The second-order valence-corrected chi connectivity index (χ2v) is 5.67. The van der Waals surface area contributed by atoms with E-state index in [-0.39, 0.29) is 10.4 Å². The highest BCUT2D eigenvalue weighted by Crippen LogP contribution is 2.25. The van der Waals surface area contributed by atoms with Crippen LogP contribution in [0.3, 0.4) is 0 Å². The zero-order valence-corrected chi connectivity index (χ0v) is 11.5. The molecule has 0 aliphatic rings. The van der Waals surface area contributed by atoms with Crippen molar-refractivity contribution in [3.8, 4) is 11.5 Å². The predicted molar refractivity (Wildman–Crippen MR) is 76.5 cm³/mol. The molecule has 3 nitrogen and oxygen atoms in total. The Hall–Kier alpha value is -1.68. The first-order valence-corrected chi connectivity index (χ1v) is 6.15. The minimum atomic E-state index is 0.138. The first-order valence-electron chi connectivity index (χ1n) is 5.74. The standard InChI is InChI=1S/C14H16N2OS/c1-14(2,3)10-6-4-9(5-7-10)13-16-11(8-17-13)12(15)18/h4-8H,1-3H3,(H2,15,18). The van der Waals surface area contributed by atoms with Gasteiger partial charge in [-0.15, -0.1) is 0 Å². The lowest BCUT2D eigenvalue weighted by molar-refractivity contribution is 0.573. The molecule has 0 aliphatic carbocycles. The zero-order valence-electron chi connectivity index (χ0n) is 10.7. The van der Waals surface area contributed by atoms with Crippen molar-refractivity contribution in [1.82, 2.24) is 4.98 Å². The van der Waals surface area contributed by atoms with Crippen LogP contribution in [0.5, 0.6) is 0 Å². The summed E-state index contributed by atoms with van der Waals surface area (Å²) in [5.74, 6) is 0.540. The van der Waals surface area contributed by atoms with E-state index >= 15 is 0 Å². The summed E-state index contributed by atoms with van der Waals surface area (Å²) < 4.78 is 5.36. The van der Waals surface area contributed by atoms with E-state index in [1.807, 2.05) is 12.1 Å². The molecule has 0 fully saturated rings. The lowest BCUT2D eigenvalue weighted by atomic mass is 9.87. The number of rotatable bonds is 2. The number of nitrogens with zero attached hydrogens (tertiary/aromatic N) is 1. The Morgan fingerprint density at radius 3 is 2.28 bits per heavy atom. The van der Waals surface area contributed by atoms with Crippen LogP contribution in [-0.2, 0) is 5.41 Å². The molecular weight excluding hydrogens is 244 g/mol. The van der Waals surface area contributed by atoms with Crippen LogP contribution in [0, 0.1) is 0 Å². The van der Waals surface area contributed by atoms with Gasteiger partial charge in [-0.25, -0.2) is 4.98 Å². The van der Waals surface area contributed by atoms with Crippen molar-refractivity contribution in [3.05, 3.63) is 41.8 Å². The zero-order chi connectivity index (χ0) is 13.3. The van der Waals surface area contributed by atoms with Crippen LogP contribution >= 0.6 is 12.2 Å². The molecule has 0 atom stereocenters. The number of nitrogens with two attached hydrogens (primary N) is 1. The van der Waals surface area contributed by atoms with Crippen molar-refractivity contribution in [3.63, 3.8) is 0 Å². The fourth-order valence-corrected chi connectivity index (χ4v) is 1.73. The smallest absolute Gasteiger partial charge is 0.226 e. The van der Waals surface area contributed by atoms with Crippen LogP contribution in [0.2, 0.25) is 0 Å². The molecule has 0 amide bonds. The molecule has 2 aromatic rings. The lowest BCUT2D eigenvalue weighted by Crippen LogP contribution is -2.10. The summed E-state index contributed by atoms with van der Waals surface area (Å²) in [7, 11) is 0. The Bertz CT molecular complexity index is 564. The van der Waals surface area contributed by atoms with Gasteiger partial charge in [0.05, 0.1) is 0 Å². The summed E-state index contributed by atoms with van der Waals surface area (Å²) >= 11 is 4.85. The molecule has 4 heteroatoms. The Labute approximate surface area is 112 Å². The molecule has 0 saturated heterocycles. The highest BCUT2D eigenvalue weighted by Gasteiger charge is 2.14. The first-order chi connectivity index (χ1) is 8.38. The van der Waals surface area contributed by atoms with Gasteiger partial charge >= 0.3 is 0 Å². The molecule has 0 unspecified atom stereocenters. The quantitative estimate of drug-likeness (QED) is 0.842. The predicted octanol–water partition coefficient (Wildman–Crippen LogP) is 3.27. The number of oxazole rings is 1. The van der Waals surface area contributed by atoms with Crippen molar-refractivity contribution in [2.75, 3.05) is 0 Å². The van der Waals surface area contributed by atoms with Crippen molar-refractivity contribution in [1.29, 1.82) is 0 Å². The van der Waals surface area contributed by atoms with Gasteiger partial charge in [0.2, 0.25) is 5.89 Å². The van der Waals surface area contributed by atoms with Crippen molar-refractivity contribution >= 4 is 17.2 Å². The molecule has 1 aromatic carbocycles. The number of hydrogen-bond donors (Lipinski definition) is 1. The number of benzene rings is 1. The molecule has 0 aliphatic heterocycles. The Morgan fingerprint density at radius 2 is 1.83 bits per heavy atom. The van der Waals surface area contributed by atoms with Crippen LogP contribution in [0.15, 0.2) is 34.9 Å². The molecule has 0 radical (unpaired) electrons. The average molecular weight is 260 g/mol. The van der Waals surface area contributed by atoms with Gasteiger partial charge in [0.15, 0.2) is 0 Å². The first kappa shape index (κ1) is 12.8. The minimum absolute atomic E-state index is 0.138. The fraction of sp³-hybridized carbons (Fsp3) is 0.286. The maximum atomic E-state index is 5.50. The monoisotopic (exact) mass is 260 g/mol. The van der Waals surface area contributed by atoms with Crippen LogP contribution in [-0.4, -0.2) is 9.97 Å². The average Bonchev–Trinajstić information content (AvgIpc) is 2.77. The third-order valence-corrected chi connectivity index (χ3v) is 2.96. The molecule has 0 saturated carbocycles. The highest BCUT2D eigenvalue weighted by molar-refractivity contribution is 7.80. The second-order valence-electron chi connectivity index (χ2n) is 5.23. The number of aromatic nitrogens is 1. The maximum absolute atomic E-state index is 5.50. The molecule has 0 spiro atoms. The van der Waals surface area contributed by atoms with Gasteiger partial charge in [0.1, 0.15) is 16.9 Å². The third-order valence-electron chi connectivity index (χ3n) is 2.75. The Kier molecular flexibility index (Phi) is 3.22. The molecule has 94 valence electrons. The van der Waals surface area contributed by atoms with Crippen LogP contribution < -0.4 is 5.73 Å². The summed E-state index contributed by atoms with van der Waals surface area (Å²) in [6.45, 7) is 6.54. The van der Waals surface area contributed by atoms with E-state index in [4.69, 9.17) is 22.4 Å². The van der Waals surface area contributed by atoms with Crippen LogP contribution in [0.1, 0.15) is 32.0 Å². The third kappa shape index (κ3) is 2.59. The fourth-order valence-electron chi connectivity index (χ4n) is 1.63. The van der Waals surface area contributed by atoms with E-state index in [1.165, 1.54) is 11.8 Å². The summed E-state index contributed by atoms with van der Waals surface area (Å²) in [5, 5.41) is 0. The highest BCUT2D eigenvalue weighted by atomic mass is 32.1. The number of hydrogen-bond acceptors (Lipinski definition) is 3. The Morgan fingerprint density at radius 1 is 1.22 bits per heavy atom. The van der Waals surface area contributed by atoms with Gasteiger partial charge in [0.25, 0.3) is 0 Å². The second kappa shape index (κ2) is 4.53. The van der Waals surface area contributed by atoms with E-state index in [9.17, 15) is 0 Å². The van der Waals surface area contributed by atoms with Gasteiger partial charge < -0.3 is 10.2 Å². The van der Waals surface area contributed by atoms with E-state index in [0.29, 0.717) is 11.6 Å². The van der Waals surface area contributed by atoms with Crippen LogP contribution in [0.4, 0.5) is 0 Å². The van der Waals surface area contributed by atoms with Gasteiger partial charge in [0, 0.05) is 5.56 Å². The Balaban J connectivity index is 2.31. The van der Waals surface area contributed by atoms with Gasteiger partial charge in [-0.3, -0.25) is 0 Å². The van der Waals surface area contributed by atoms with E-state index in [1.54, 1.807) is 0 Å². The SMILES string of the molecule is CC(C)(C)c1ccc(-c2nc(C(N)=S)co2)cc1. The van der Waals surface area contributed by atoms with E-state index in [0.717, 1.165) is 5.56 Å². The topological polar surface area (TPSA) is 52.0 Å². The van der Waals surface area contributed by atoms with Crippen molar-refractivity contribution in [2.45, 2.75) is 26.2 Å². The van der Waals surface area contributed by atoms with Crippen molar-refractivity contribution < 1.29 is 4.42 Å². The normalized spacial score (nSPS) is 11.5.